The smallest absolute Gasteiger partial charge is 0.352 e. The van der Waals surface area contributed by atoms with Crippen molar-refractivity contribution < 1.29 is 14.4 Å². The minimum Gasteiger partial charge on any atom is -0.362 e. The molecular formula is C18H21ClN3O4P. The fourth-order valence-electron chi connectivity index (χ4n) is 2.87. The molecule has 3 aromatic rings. The third-order valence-corrected chi connectivity index (χ3v) is 5.39. The van der Waals surface area contributed by atoms with Crippen LogP contribution in [0.3, 0.4) is 0 Å². The minimum absolute atomic E-state index is 0. The fourth-order valence-corrected chi connectivity index (χ4v) is 3.73. The molecule has 144 valence electrons. The van der Waals surface area contributed by atoms with Crippen molar-refractivity contribution in [2.75, 3.05) is 5.32 Å². The number of anilines is 1. The number of rotatable bonds is 5. The van der Waals surface area contributed by atoms with Crippen LogP contribution in [0, 0.1) is 6.92 Å². The van der Waals surface area contributed by atoms with E-state index in [0.717, 1.165) is 0 Å². The van der Waals surface area contributed by atoms with Gasteiger partial charge in [-0.15, -0.1) is 12.4 Å². The van der Waals surface area contributed by atoms with E-state index in [9.17, 15) is 19.1 Å². The number of nitrogens with one attached hydrogen (secondary N) is 1. The molecule has 7 nitrogen and oxygen atoms in total. The molecule has 1 heterocycles. The summed E-state index contributed by atoms with van der Waals surface area (Å²) >= 11 is 0. The van der Waals surface area contributed by atoms with Gasteiger partial charge >= 0.3 is 7.60 Å². The molecule has 0 aliphatic rings. The Morgan fingerprint density at radius 3 is 2.04 bits per heavy atom. The number of hydrogen-bond acceptors (Lipinski definition) is 3. The van der Waals surface area contributed by atoms with E-state index in [1.807, 2.05) is 18.2 Å². The Labute approximate surface area is 162 Å². The van der Waals surface area contributed by atoms with E-state index >= 15 is 0 Å². The van der Waals surface area contributed by atoms with Crippen LogP contribution in [0.15, 0.2) is 65.5 Å². The molecular weight excluding hydrogens is 389 g/mol. The molecule has 0 saturated heterocycles. The summed E-state index contributed by atoms with van der Waals surface area (Å²) in [6, 6.07) is 17.5. The lowest BCUT2D eigenvalue weighted by atomic mass is 10.2. The SMILES string of the molecule is Cc1c(NC(c2ccccc2)P(=O)(O)O)c(=O)n(-c2ccccc2)n1C.Cl. The number of nitrogens with zero attached hydrogens (tertiary/aromatic N) is 2. The van der Waals surface area contributed by atoms with Crippen molar-refractivity contribution in [2.45, 2.75) is 12.7 Å². The van der Waals surface area contributed by atoms with Crippen LogP contribution in [-0.2, 0) is 11.6 Å². The molecule has 0 bridgehead atoms. The van der Waals surface area contributed by atoms with E-state index < -0.39 is 13.4 Å². The Hall–Kier alpha value is -2.31. The molecule has 0 aliphatic heterocycles. The van der Waals surface area contributed by atoms with Crippen LogP contribution in [-0.4, -0.2) is 19.2 Å². The molecule has 3 N–H and O–H groups in total. The topological polar surface area (TPSA) is 96.5 Å². The lowest BCUT2D eigenvalue weighted by Crippen LogP contribution is -2.22. The second-order valence-corrected chi connectivity index (χ2v) is 7.68. The van der Waals surface area contributed by atoms with Gasteiger partial charge in [0.25, 0.3) is 5.56 Å². The van der Waals surface area contributed by atoms with Gasteiger partial charge in [0.05, 0.1) is 11.4 Å². The normalized spacial score (nSPS) is 12.3. The van der Waals surface area contributed by atoms with E-state index in [1.165, 1.54) is 4.68 Å². The van der Waals surface area contributed by atoms with Gasteiger partial charge in [-0.3, -0.25) is 14.0 Å². The highest BCUT2D eigenvalue weighted by Crippen LogP contribution is 2.51. The monoisotopic (exact) mass is 409 g/mol. The molecule has 1 atom stereocenters. The average Bonchev–Trinajstić information content (AvgIpc) is 2.83. The highest BCUT2D eigenvalue weighted by atomic mass is 35.5. The molecule has 1 unspecified atom stereocenters. The maximum absolute atomic E-state index is 12.9. The summed E-state index contributed by atoms with van der Waals surface area (Å²) in [5.41, 5.74) is 1.45. The number of halogens is 1. The molecule has 0 fully saturated rings. The van der Waals surface area contributed by atoms with Gasteiger partial charge in [-0.25, -0.2) is 4.68 Å². The zero-order valence-electron chi connectivity index (χ0n) is 14.8. The van der Waals surface area contributed by atoms with Crippen molar-refractivity contribution >= 4 is 25.7 Å². The molecule has 3 rings (SSSR count). The van der Waals surface area contributed by atoms with E-state index in [2.05, 4.69) is 5.32 Å². The van der Waals surface area contributed by atoms with Gasteiger partial charge in [0.15, 0.2) is 5.78 Å². The lowest BCUT2D eigenvalue weighted by Gasteiger charge is -2.20. The average molecular weight is 410 g/mol. The molecule has 0 aliphatic carbocycles. The molecule has 0 saturated carbocycles. The maximum Gasteiger partial charge on any atom is 0.352 e. The van der Waals surface area contributed by atoms with E-state index in [1.54, 1.807) is 61.1 Å². The standard InChI is InChI=1S/C18H20N3O4P.ClH/c1-13-16(18(22)21(20(13)2)15-11-7-4-8-12-15)19-17(26(23,24)25)14-9-5-3-6-10-14;/h3-12,17,19H,1-2H3,(H2,23,24,25);1H. The second kappa shape index (κ2) is 8.15. The number of benzene rings is 2. The first-order valence-corrected chi connectivity index (χ1v) is 9.69. The van der Waals surface area contributed by atoms with Crippen LogP contribution in [0.1, 0.15) is 17.0 Å². The summed E-state index contributed by atoms with van der Waals surface area (Å²) < 4.78 is 15.1. The number of aromatic nitrogens is 2. The van der Waals surface area contributed by atoms with Gasteiger partial charge in [-0.2, -0.15) is 0 Å². The van der Waals surface area contributed by atoms with Crippen LogP contribution >= 0.6 is 20.0 Å². The molecule has 0 radical (unpaired) electrons. The highest BCUT2D eigenvalue weighted by molar-refractivity contribution is 7.52. The number of hydrogen-bond donors (Lipinski definition) is 3. The van der Waals surface area contributed by atoms with Crippen molar-refractivity contribution in [1.82, 2.24) is 9.36 Å². The van der Waals surface area contributed by atoms with Crippen molar-refractivity contribution in [3.8, 4) is 5.69 Å². The van der Waals surface area contributed by atoms with Gasteiger partial charge in [0.1, 0.15) is 5.69 Å². The second-order valence-electron chi connectivity index (χ2n) is 5.98. The van der Waals surface area contributed by atoms with Crippen LogP contribution in [0.5, 0.6) is 0 Å². The molecule has 27 heavy (non-hydrogen) atoms. The summed E-state index contributed by atoms with van der Waals surface area (Å²) in [5, 5.41) is 2.79. The van der Waals surface area contributed by atoms with Crippen molar-refractivity contribution in [3.63, 3.8) is 0 Å². The molecule has 0 amide bonds. The van der Waals surface area contributed by atoms with Gasteiger partial charge in [0.2, 0.25) is 0 Å². The van der Waals surface area contributed by atoms with Crippen molar-refractivity contribution in [3.05, 3.63) is 82.3 Å². The van der Waals surface area contributed by atoms with Gasteiger partial charge in [-0.1, -0.05) is 48.5 Å². The Bertz CT molecular complexity index is 1010. The summed E-state index contributed by atoms with van der Waals surface area (Å²) in [4.78, 5) is 32.5. The molecule has 9 heteroatoms. The predicted molar refractivity (Wildman–Crippen MR) is 108 cm³/mol. The largest absolute Gasteiger partial charge is 0.362 e. The highest BCUT2D eigenvalue weighted by Gasteiger charge is 2.32. The van der Waals surface area contributed by atoms with Gasteiger partial charge < -0.3 is 15.1 Å². The lowest BCUT2D eigenvalue weighted by molar-refractivity contribution is 0.363. The third kappa shape index (κ3) is 4.17. The number of para-hydroxylation sites is 1. The molecule has 0 spiro atoms. The maximum atomic E-state index is 12.9. The Morgan fingerprint density at radius 1 is 1.00 bits per heavy atom. The van der Waals surface area contributed by atoms with Crippen LogP contribution in [0.4, 0.5) is 5.69 Å². The first-order valence-electron chi connectivity index (χ1n) is 8.01. The van der Waals surface area contributed by atoms with E-state index in [-0.39, 0.29) is 23.7 Å². The van der Waals surface area contributed by atoms with Gasteiger partial charge in [0, 0.05) is 7.05 Å². The van der Waals surface area contributed by atoms with Crippen molar-refractivity contribution in [1.29, 1.82) is 0 Å². The minimum atomic E-state index is -4.55. The van der Waals surface area contributed by atoms with Crippen LogP contribution in [0.25, 0.3) is 5.69 Å². The Balaban J connectivity index is 0.00000261. The fraction of sp³-hybridized carbons (Fsp3) is 0.167. The summed E-state index contributed by atoms with van der Waals surface area (Å²) in [6.45, 7) is 1.73. The quantitative estimate of drug-likeness (QED) is 0.562. The zero-order valence-corrected chi connectivity index (χ0v) is 16.5. The predicted octanol–water partition coefficient (Wildman–Crippen LogP) is 3.19. The Kier molecular flexibility index (Phi) is 6.34. The van der Waals surface area contributed by atoms with Crippen LogP contribution in [0.2, 0.25) is 0 Å². The van der Waals surface area contributed by atoms with Gasteiger partial charge in [-0.05, 0) is 24.6 Å². The Morgan fingerprint density at radius 2 is 1.52 bits per heavy atom. The van der Waals surface area contributed by atoms with E-state index in [0.29, 0.717) is 16.9 Å². The van der Waals surface area contributed by atoms with Crippen LogP contribution < -0.4 is 10.9 Å². The third-order valence-electron chi connectivity index (χ3n) is 4.29. The first-order chi connectivity index (χ1) is 12.3. The van der Waals surface area contributed by atoms with E-state index in [4.69, 9.17) is 0 Å². The zero-order chi connectivity index (χ0) is 18.9. The van der Waals surface area contributed by atoms with Crippen molar-refractivity contribution in [2.24, 2.45) is 7.05 Å². The summed E-state index contributed by atoms with van der Waals surface area (Å²) in [7, 11) is -2.82. The summed E-state index contributed by atoms with van der Waals surface area (Å²) in [6.07, 6.45) is 0. The molecule has 2 aromatic carbocycles. The summed E-state index contributed by atoms with van der Waals surface area (Å²) in [5.74, 6) is -1.30. The molecule has 1 aromatic heterocycles. The first kappa shape index (κ1) is 21.0.